The molecule has 3 N–H and O–H groups in total. The van der Waals surface area contributed by atoms with Gasteiger partial charge in [0.05, 0.1) is 36.5 Å². The van der Waals surface area contributed by atoms with Crippen LogP contribution in [0, 0.1) is 17.8 Å². The van der Waals surface area contributed by atoms with Gasteiger partial charge in [0.1, 0.15) is 0 Å². The van der Waals surface area contributed by atoms with Gasteiger partial charge in [0.15, 0.2) is 0 Å². The van der Waals surface area contributed by atoms with E-state index in [0.29, 0.717) is 24.3 Å². The van der Waals surface area contributed by atoms with Crippen molar-refractivity contribution in [3.63, 3.8) is 0 Å². The lowest BCUT2D eigenvalue weighted by molar-refractivity contribution is -0.738. The molecule has 184 valence electrons. The van der Waals surface area contributed by atoms with Crippen molar-refractivity contribution < 1.29 is 19.6 Å². The number of quaternary nitrogens is 1. The van der Waals surface area contributed by atoms with Crippen LogP contribution in [0.5, 0.6) is 0 Å². The van der Waals surface area contributed by atoms with Crippen LogP contribution in [0.1, 0.15) is 51.9 Å². The Labute approximate surface area is 211 Å². The van der Waals surface area contributed by atoms with Crippen LogP contribution in [0.4, 0.5) is 21.9 Å². The van der Waals surface area contributed by atoms with Crippen LogP contribution in [-0.4, -0.2) is 30.7 Å². The van der Waals surface area contributed by atoms with E-state index in [-0.39, 0.29) is 5.91 Å². The summed E-state index contributed by atoms with van der Waals surface area (Å²) in [6.45, 7) is 2.92. The van der Waals surface area contributed by atoms with Crippen molar-refractivity contribution in [2.75, 3.05) is 23.4 Å². The number of anilines is 3. The molecule has 4 aliphatic carbocycles. The van der Waals surface area contributed by atoms with E-state index in [1.807, 2.05) is 41.3 Å². The van der Waals surface area contributed by atoms with Crippen LogP contribution >= 0.6 is 11.8 Å². The fourth-order valence-corrected chi connectivity index (χ4v) is 8.47. The highest BCUT2D eigenvalue weighted by molar-refractivity contribution is 7.99. The third-order valence-electron chi connectivity index (χ3n) is 8.32. The highest BCUT2D eigenvalue weighted by Gasteiger charge is 2.53. The number of benzene rings is 2. The number of amides is 2. The van der Waals surface area contributed by atoms with E-state index >= 15 is 0 Å². The second kappa shape index (κ2) is 9.17. The van der Waals surface area contributed by atoms with Crippen molar-refractivity contribution in [3.05, 3.63) is 42.5 Å². The lowest BCUT2D eigenvalue weighted by atomic mass is 9.53. The number of ether oxygens (including phenoxy) is 1. The normalized spacial score (nSPS) is 27.8. The van der Waals surface area contributed by atoms with Crippen LogP contribution < -0.4 is 15.5 Å². The second-order valence-electron chi connectivity index (χ2n) is 10.8. The van der Waals surface area contributed by atoms with E-state index < -0.39 is 6.09 Å². The number of carbonyl (C=O) groups is 2. The highest BCUT2D eigenvalue weighted by atomic mass is 32.2. The minimum absolute atomic E-state index is 0.105. The Morgan fingerprint density at radius 1 is 1.03 bits per heavy atom. The summed E-state index contributed by atoms with van der Waals surface area (Å²) in [7, 11) is 0. The van der Waals surface area contributed by atoms with Crippen LogP contribution in [0.3, 0.4) is 0 Å². The van der Waals surface area contributed by atoms with E-state index in [4.69, 9.17) is 4.74 Å². The number of carbonyl (C=O) groups excluding carboxylic acids is 2. The van der Waals surface area contributed by atoms with Crippen LogP contribution in [0.2, 0.25) is 0 Å². The number of nitrogens with one attached hydrogen (secondary N) is 1. The predicted molar refractivity (Wildman–Crippen MR) is 137 cm³/mol. The minimum Gasteiger partial charge on any atom is -0.450 e. The van der Waals surface area contributed by atoms with Crippen molar-refractivity contribution in [3.8, 4) is 0 Å². The number of hydrogen-bond acceptors (Lipinski definition) is 4. The first-order valence-electron chi connectivity index (χ1n) is 13.0. The zero-order chi connectivity index (χ0) is 24.0. The maximum Gasteiger partial charge on any atom is 0.411 e. The Kier molecular flexibility index (Phi) is 6.01. The Morgan fingerprint density at radius 2 is 1.71 bits per heavy atom. The molecule has 0 saturated heterocycles. The van der Waals surface area contributed by atoms with E-state index in [1.165, 1.54) is 38.5 Å². The van der Waals surface area contributed by atoms with Crippen LogP contribution in [0.15, 0.2) is 52.3 Å². The zero-order valence-corrected chi connectivity index (χ0v) is 21.1. The molecule has 0 unspecified atom stereocenters. The topological polar surface area (TPSA) is 75.2 Å². The summed E-state index contributed by atoms with van der Waals surface area (Å²) in [6, 6.07) is 13.8. The molecule has 6 nitrogen and oxygen atoms in total. The van der Waals surface area contributed by atoms with Gasteiger partial charge in [0.25, 0.3) is 0 Å². The first-order chi connectivity index (χ1) is 17.0. The highest BCUT2D eigenvalue weighted by Crippen LogP contribution is 2.54. The molecule has 7 heteroatoms. The molecule has 0 radical (unpaired) electrons. The molecular weight excluding hydrogens is 458 g/mol. The fraction of sp³-hybridized carbons (Fsp3) is 0.500. The summed E-state index contributed by atoms with van der Waals surface area (Å²) in [5, 5.41) is 5.31. The Morgan fingerprint density at radius 3 is 2.43 bits per heavy atom. The third kappa shape index (κ3) is 4.45. The molecule has 5 aliphatic rings. The van der Waals surface area contributed by atoms with Gasteiger partial charge in [0, 0.05) is 34.7 Å². The number of nitrogens with two attached hydrogens (primary N) is 1. The molecule has 4 saturated carbocycles. The van der Waals surface area contributed by atoms with Gasteiger partial charge in [-0.2, -0.15) is 0 Å². The van der Waals surface area contributed by atoms with Crippen molar-refractivity contribution in [1.82, 2.24) is 0 Å². The largest absolute Gasteiger partial charge is 0.450 e. The molecule has 2 aromatic rings. The summed E-state index contributed by atoms with van der Waals surface area (Å²) in [5.41, 5.74) is 2.74. The molecule has 7 rings (SSSR count). The maximum atomic E-state index is 13.7. The van der Waals surface area contributed by atoms with Crippen LogP contribution in [0.25, 0.3) is 0 Å². The van der Waals surface area contributed by atoms with Crippen molar-refractivity contribution >= 4 is 40.8 Å². The molecule has 0 spiro atoms. The molecule has 1 heterocycles. The fourth-order valence-electron chi connectivity index (χ4n) is 7.43. The van der Waals surface area contributed by atoms with Gasteiger partial charge in [-0.05, 0) is 74.3 Å². The first kappa shape index (κ1) is 22.9. The lowest BCUT2D eigenvalue weighted by Crippen LogP contribution is -2.99. The third-order valence-corrected chi connectivity index (χ3v) is 9.45. The summed E-state index contributed by atoms with van der Waals surface area (Å²) in [5.74, 6) is 2.84. The monoisotopic (exact) mass is 492 g/mol. The van der Waals surface area contributed by atoms with E-state index in [2.05, 4.69) is 16.7 Å². The number of fused-ring (bicyclic) bond motifs is 2. The molecule has 35 heavy (non-hydrogen) atoms. The van der Waals surface area contributed by atoms with Gasteiger partial charge < -0.3 is 10.1 Å². The standard InChI is InChI=1S/C28H33N3O3S/c1-2-34-27(33)30-21-7-8-25-23(14-21)31(22-5-3-4-6-24(22)35-25)26(32)9-10-29-28-15-18-11-19(16-28)13-20(12-18)17-28/h3-8,14,18-20,29H,2,9-13,15-17H2,1H3,(H,30,33)/p+1. The van der Waals surface area contributed by atoms with Gasteiger partial charge >= 0.3 is 6.09 Å². The van der Waals surface area contributed by atoms with Crippen molar-refractivity contribution in [2.45, 2.75) is 67.2 Å². The van der Waals surface area contributed by atoms with E-state index in [1.54, 1.807) is 18.7 Å². The molecular formula is C28H34N3O3S+. The molecule has 4 fully saturated rings. The molecule has 1 aliphatic heterocycles. The smallest absolute Gasteiger partial charge is 0.411 e. The molecule has 2 aromatic carbocycles. The van der Waals surface area contributed by atoms with Crippen molar-refractivity contribution in [1.29, 1.82) is 0 Å². The predicted octanol–water partition coefficient (Wildman–Crippen LogP) is 5.31. The number of nitrogens with zero attached hydrogens (tertiary/aromatic N) is 1. The first-order valence-corrected chi connectivity index (χ1v) is 13.9. The van der Waals surface area contributed by atoms with Gasteiger partial charge in [-0.3, -0.25) is 15.0 Å². The molecule has 0 aromatic heterocycles. The van der Waals surface area contributed by atoms with Gasteiger partial charge in [0.2, 0.25) is 5.91 Å². The summed E-state index contributed by atoms with van der Waals surface area (Å²) in [6.07, 6.45) is 8.33. The molecule has 4 bridgehead atoms. The number of rotatable bonds is 6. The summed E-state index contributed by atoms with van der Waals surface area (Å²) < 4.78 is 5.03. The second-order valence-corrected chi connectivity index (χ2v) is 11.9. The summed E-state index contributed by atoms with van der Waals surface area (Å²) in [4.78, 5) is 29.6. The average molecular weight is 493 g/mol. The van der Waals surface area contributed by atoms with Crippen molar-refractivity contribution in [2.24, 2.45) is 17.8 Å². The Hall–Kier alpha value is -2.51. The Balaban J connectivity index is 1.20. The van der Waals surface area contributed by atoms with Gasteiger partial charge in [-0.1, -0.05) is 23.9 Å². The van der Waals surface area contributed by atoms with Gasteiger partial charge in [-0.25, -0.2) is 4.79 Å². The van der Waals surface area contributed by atoms with E-state index in [9.17, 15) is 9.59 Å². The number of hydrogen-bond donors (Lipinski definition) is 2. The van der Waals surface area contributed by atoms with E-state index in [0.717, 1.165) is 45.5 Å². The number of para-hydroxylation sites is 1. The average Bonchev–Trinajstić information content (AvgIpc) is 2.81. The van der Waals surface area contributed by atoms with Crippen LogP contribution in [-0.2, 0) is 9.53 Å². The minimum atomic E-state index is -0.487. The zero-order valence-electron chi connectivity index (χ0n) is 20.3. The lowest BCUT2D eigenvalue weighted by Gasteiger charge is -2.54. The molecule has 2 amide bonds. The summed E-state index contributed by atoms with van der Waals surface area (Å²) >= 11 is 1.66. The maximum absolute atomic E-state index is 13.7. The molecule has 0 atom stereocenters. The SMILES string of the molecule is CCOC(=O)Nc1ccc2c(c1)N(C(=O)CC[NH2+]C13CC4CC(CC(C4)C1)C3)c1ccccc1S2. The van der Waals surface area contributed by atoms with Gasteiger partial charge in [-0.15, -0.1) is 0 Å². The quantitative estimate of drug-likeness (QED) is 0.573. The Bertz CT molecular complexity index is 1110.